The van der Waals surface area contributed by atoms with Gasteiger partial charge in [0.1, 0.15) is 11.6 Å². The summed E-state index contributed by atoms with van der Waals surface area (Å²) >= 11 is 0. The molecule has 1 atom stereocenters. The Hall–Kier alpha value is -1.58. The van der Waals surface area contributed by atoms with E-state index in [0.717, 1.165) is 12.8 Å². The average Bonchev–Trinajstić information content (AvgIpc) is 2.85. The first kappa shape index (κ1) is 12.9. The monoisotopic (exact) mass is 251 g/mol. The van der Waals surface area contributed by atoms with Crippen LogP contribution >= 0.6 is 0 Å². The smallest absolute Gasteiger partial charge is 0.260 e. The highest BCUT2D eigenvalue weighted by Gasteiger charge is 2.21. The molecule has 1 aliphatic carbocycles. The zero-order valence-corrected chi connectivity index (χ0v) is 10.5. The van der Waals surface area contributed by atoms with Gasteiger partial charge in [-0.1, -0.05) is 12.8 Å². The summed E-state index contributed by atoms with van der Waals surface area (Å²) in [5.41, 5.74) is 0. The van der Waals surface area contributed by atoms with Gasteiger partial charge in [-0.2, -0.15) is 0 Å². The Morgan fingerprint density at radius 1 is 1.33 bits per heavy atom. The Labute approximate surface area is 106 Å². The summed E-state index contributed by atoms with van der Waals surface area (Å²) in [6.07, 6.45) is 3.90. The molecule has 18 heavy (non-hydrogen) atoms. The van der Waals surface area contributed by atoms with Crippen LogP contribution in [0.2, 0.25) is 0 Å². The van der Waals surface area contributed by atoms with Crippen molar-refractivity contribution in [3.05, 3.63) is 30.1 Å². The number of hydrogen-bond acceptors (Lipinski definition) is 2. The molecule has 2 rings (SSSR count). The van der Waals surface area contributed by atoms with E-state index >= 15 is 0 Å². The van der Waals surface area contributed by atoms with E-state index in [4.69, 9.17) is 4.74 Å². The Morgan fingerprint density at radius 2 is 1.94 bits per heavy atom. The van der Waals surface area contributed by atoms with Gasteiger partial charge in [-0.3, -0.25) is 4.79 Å². The van der Waals surface area contributed by atoms with E-state index in [0.29, 0.717) is 5.75 Å². The number of amides is 1. The van der Waals surface area contributed by atoms with Crippen LogP contribution < -0.4 is 10.1 Å². The van der Waals surface area contributed by atoms with Gasteiger partial charge in [-0.15, -0.1) is 0 Å². The quantitative estimate of drug-likeness (QED) is 0.893. The number of hydrogen-bond donors (Lipinski definition) is 1. The second kappa shape index (κ2) is 5.85. The maximum atomic E-state index is 12.7. The molecule has 0 bridgehead atoms. The topological polar surface area (TPSA) is 38.3 Å². The molecule has 1 aromatic carbocycles. The van der Waals surface area contributed by atoms with E-state index < -0.39 is 6.10 Å². The van der Waals surface area contributed by atoms with E-state index in [1.807, 2.05) is 0 Å². The number of halogens is 1. The summed E-state index contributed by atoms with van der Waals surface area (Å²) in [5, 5.41) is 2.97. The molecular weight excluding hydrogens is 233 g/mol. The van der Waals surface area contributed by atoms with Crippen LogP contribution in [0.3, 0.4) is 0 Å². The Balaban J connectivity index is 1.84. The van der Waals surface area contributed by atoms with E-state index in [2.05, 4.69) is 5.32 Å². The van der Waals surface area contributed by atoms with Crippen molar-refractivity contribution in [1.82, 2.24) is 5.32 Å². The molecule has 1 aromatic rings. The molecule has 3 nitrogen and oxygen atoms in total. The maximum absolute atomic E-state index is 12.7. The number of ether oxygens (including phenoxy) is 1. The molecule has 0 unspecified atom stereocenters. The van der Waals surface area contributed by atoms with E-state index in [1.54, 1.807) is 6.92 Å². The van der Waals surface area contributed by atoms with Gasteiger partial charge in [0.05, 0.1) is 0 Å². The summed E-state index contributed by atoms with van der Waals surface area (Å²) in [5.74, 6) is 0.0853. The third-order valence-electron chi connectivity index (χ3n) is 3.20. The van der Waals surface area contributed by atoms with Crippen molar-refractivity contribution in [2.75, 3.05) is 0 Å². The molecule has 1 N–H and O–H groups in total. The normalized spacial score (nSPS) is 17.4. The molecule has 1 aliphatic rings. The minimum absolute atomic E-state index is 0.105. The lowest BCUT2D eigenvalue weighted by Crippen LogP contribution is -2.41. The van der Waals surface area contributed by atoms with Gasteiger partial charge >= 0.3 is 0 Å². The van der Waals surface area contributed by atoms with Crippen LogP contribution in [0.15, 0.2) is 24.3 Å². The van der Waals surface area contributed by atoms with Gasteiger partial charge in [0.15, 0.2) is 6.10 Å². The third kappa shape index (κ3) is 3.45. The number of rotatable bonds is 4. The lowest BCUT2D eigenvalue weighted by Gasteiger charge is -2.17. The molecule has 98 valence electrons. The standard InChI is InChI=1S/C14H18FNO2/c1-10(14(17)16-12-4-2-3-5-12)18-13-8-6-11(15)7-9-13/h6-10,12H,2-5H2,1H3,(H,16,17)/t10-/m0/s1. The lowest BCUT2D eigenvalue weighted by atomic mass is 10.2. The van der Waals surface area contributed by atoms with Crippen molar-refractivity contribution in [2.45, 2.75) is 44.8 Å². The molecule has 0 spiro atoms. The van der Waals surface area contributed by atoms with Crippen molar-refractivity contribution in [1.29, 1.82) is 0 Å². The van der Waals surface area contributed by atoms with Crippen molar-refractivity contribution in [2.24, 2.45) is 0 Å². The third-order valence-corrected chi connectivity index (χ3v) is 3.20. The van der Waals surface area contributed by atoms with Gasteiger partial charge in [-0.25, -0.2) is 4.39 Å². The zero-order chi connectivity index (χ0) is 13.0. The van der Waals surface area contributed by atoms with Crippen LogP contribution in [0, 0.1) is 5.82 Å². The number of carbonyl (C=O) groups is 1. The minimum atomic E-state index is -0.559. The molecule has 4 heteroatoms. The van der Waals surface area contributed by atoms with Gasteiger partial charge < -0.3 is 10.1 Å². The lowest BCUT2D eigenvalue weighted by molar-refractivity contribution is -0.127. The number of carbonyl (C=O) groups excluding carboxylic acids is 1. The maximum Gasteiger partial charge on any atom is 0.260 e. The molecule has 0 heterocycles. The van der Waals surface area contributed by atoms with Crippen molar-refractivity contribution < 1.29 is 13.9 Å². The first-order valence-electron chi connectivity index (χ1n) is 6.38. The summed E-state index contributed by atoms with van der Waals surface area (Å²) in [4.78, 5) is 11.9. The molecule has 0 saturated heterocycles. The average molecular weight is 251 g/mol. The predicted molar refractivity (Wildman–Crippen MR) is 66.9 cm³/mol. The van der Waals surface area contributed by atoms with Crippen molar-refractivity contribution >= 4 is 5.91 Å². The summed E-state index contributed by atoms with van der Waals surface area (Å²) in [7, 11) is 0. The fourth-order valence-electron chi connectivity index (χ4n) is 2.16. The molecule has 1 fully saturated rings. The Bertz CT molecular complexity index is 399. The summed E-state index contributed by atoms with van der Waals surface area (Å²) < 4.78 is 18.2. The van der Waals surface area contributed by atoms with Crippen LogP contribution in [0.4, 0.5) is 4.39 Å². The van der Waals surface area contributed by atoms with Crippen molar-refractivity contribution in [3.8, 4) is 5.75 Å². The number of nitrogens with one attached hydrogen (secondary N) is 1. The molecule has 1 amide bonds. The summed E-state index contributed by atoms with van der Waals surface area (Å²) in [6.45, 7) is 1.70. The Kier molecular flexibility index (Phi) is 4.18. The van der Waals surface area contributed by atoms with Crippen LogP contribution in [0.1, 0.15) is 32.6 Å². The highest BCUT2D eigenvalue weighted by molar-refractivity contribution is 5.81. The second-order valence-electron chi connectivity index (χ2n) is 4.70. The van der Waals surface area contributed by atoms with E-state index in [9.17, 15) is 9.18 Å². The van der Waals surface area contributed by atoms with Gasteiger partial charge in [0.25, 0.3) is 5.91 Å². The molecule has 1 saturated carbocycles. The largest absolute Gasteiger partial charge is 0.481 e. The fraction of sp³-hybridized carbons (Fsp3) is 0.500. The van der Waals surface area contributed by atoms with Crippen molar-refractivity contribution in [3.63, 3.8) is 0 Å². The molecule has 0 radical (unpaired) electrons. The summed E-state index contributed by atoms with van der Waals surface area (Å²) in [6, 6.07) is 5.97. The highest BCUT2D eigenvalue weighted by Crippen LogP contribution is 2.18. The number of benzene rings is 1. The first-order chi connectivity index (χ1) is 8.65. The molecule has 0 aliphatic heterocycles. The molecular formula is C14H18FNO2. The molecule has 0 aromatic heterocycles. The van der Waals surface area contributed by atoms with Gasteiger partial charge in [0, 0.05) is 6.04 Å². The van der Waals surface area contributed by atoms with E-state index in [1.165, 1.54) is 37.1 Å². The minimum Gasteiger partial charge on any atom is -0.481 e. The zero-order valence-electron chi connectivity index (χ0n) is 10.5. The van der Waals surface area contributed by atoms with Crippen LogP contribution in [-0.2, 0) is 4.79 Å². The fourth-order valence-corrected chi connectivity index (χ4v) is 2.16. The van der Waals surface area contributed by atoms with Gasteiger partial charge in [0.2, 0.25) is 0 Å². The van der Waals surface area contributed by atoms with Crippen LogP contribution in [0.25, 0.3) is 0 Å². The second-order valence-corrected chi connectivity index (χ2v) is 4.70. The first-order valence-corrected chi connectivity index (χ1v) is 6.38. The Morgan fingerprint density at radius 3 is 2.56 bits per heavy atom. The highest BCUT2D eigenvalue weighted by atomic mass is 19.1. The predicted octanol–water partition coefficient (Wildman–Crippen LogP) is 2.65. The van der Waals surface area contributed by atoms with Crippen LogP contribution in [0.5, 0.6) is 5.75 Å². The van der Waals surface area contributed by atoms with Gasteiger partial charge in [-0.05, 0) is 44.0 Å². The SMILES string of the molecule is C[C@H](Oc1ccc(F)cc1)C(=O)NC1CCCC1. The van der Waals surface area contributed by atoms with E-state index in [-0.39, 0.29) is 17.8 Å². The van der Waals surface area contributed by atoms with Crippen LogP contribution in [-0.4, -0.2) is 18.1 Å².